The van der Waals surface area contributed by atoms with Crippen molar-refractivity contribution in [3.8, 4) is 0 Å². The summed E-state index contributed by atoms with van der Waals surface area (Å²) in [7, 11) is 0. The van der Waals surface area contributed by atoms with E-state index in [1.54, 1.807) is 0 Å². The SMILES string of the molecule is CC1=NC=C([N+](=O)[O-])[N+]1([O-])CCO. The molecule has 0 aromatic rings. The number of quaternary nitrogens is 1. The molecule has 1 aliphatic rings. The minimum absolute atomic E-state index is 0.0701. The van der Waals surface area contributed by atoms with Crippen molar-refractivity contribution >= 4 is 5.84 Å². The fourth-order valence-electron chi connectivity index (χ4n) is 1.10. The van der Waals surface area contributed by atoms with Crippen LogP contribution in [-0.2, 0) is 0 Å². The van der Waals surface area contributed by atoms with E-state index in [-0.39, 0.29) is 12.4 Å². The Labute approximate surface area is 73.9 Å². The van der Waals surface area contributed by atoms with Crippen molar-refractivity contribution in [2.24, 2.45) is 4.99 Å². The van der Waals surface area contributed by atoms with Crippen molar-refractivity contribution in [3.63, 3.8) is 0 Å². The lowest BCUT2D eigenvalue weighted by molar-refractivity contribution is -0.821. The maximum atomic E-state index is 11.7. The highest BCUT2D eigenvalue weighted by molar-refractivity contribution is 5.76. The van der Waals surface area contributed by atoms with E-state index in [1.807, 2.05) is 0 Å². The average molecular weight is 187 g/mol. The van der Waals surface area contributed by atoms with Gasteiger partial charge < -0.3 is 10.3 Å². The third kappa shape index (κ3) is 1.44. The highest BCUT2D eigenvalue weighted by Gasteiger charge is 2.40. The Kier molecular flexibility index (Phi) is 2.41. The number of hydrogen-bond acceptors (Lipinski definition) is 5. The normalized spacial score (nSPS) is 27.0. The van der Waals surface area contributed by atoms with Crippen LogP contribution in [0.25, 0.3) is 0 Å². The molecule has 0 aromatic heterocycles. The molecule has 0 fully saturated rings. The Balaban J connectivity index is 2.98. The molecule has 1 atom stereocenters. The summed E-state index contributed by atoms with van der Waals surface area (Å²) in [5.74, 6) is -0.479. The number of rotatable bonds is 3. The van der Waals surface area contributed by atoms with Gasteiger partial charge in [0, 0.05) is 6.92 Å². The van der Waals surface area contributed by atoms with Gasteiger partial charge in [-0.1, -0.05) is 0 Å². The van der Waals surface area contributed by atoms with E-state index in [0.29, 0.717) is 0 Å². The van der Waals surface area contributed by atoms with E-state index >= 15 is 0 Å². The number of aliphatic hydroxyl groups excluding tert-OH is 1. The summed E-state index contributed by atoms with van der Waals surface area (Å²) in [5, 5.41) is 30.7. The summed E-state index contributed by atoms with van der Waals surface area (Å²) in [4.78, 5) is 13.2. The molecule has 1 heterocycles. The first-order valence-electron chi connectivity index (χ1n) is 3.62. The molecule has 0 radical (unpaired) electrons. The molecule has 1 rings (SSSR count). The van der Waals surface area contributed by atoms with E-state index in [0.717, 1.165) is 6.20 Å². The molecule has 13 heavy (non-hydrogen) atoms. The summed E-state index contributed by atoms with van der Waals surface area (Å²) < 4.78 is -1.26. The van der Waals surface area contributed by atoms with Crippen molar-refractivity contribution in [1.29, 1.82) is 0 Å². The second kappa shape index (κ2) is 3.21. The van der Waals surface area contributed by atoms with Crippen LogP contribution >= 0.6 is 0 Å². The Bertz CT molecular complexity index is 298. The van der Waals surface area contributed by atoms with Crippen LogP contribution in [0.2, 0.25) is 0 Å². The first kappa shape index (κ1) is 9.78. The summed E-state index contributed by atoms with van der Waals surface area (Å²) in [6, 6.07) is 0. The molecule has 0 saturated heterocycles. The van der Waals surface area contributed by atoms with Gasteiger partial charge in [0.1, 0.15) is 11.5 Å². The summed E-state index contributed by atoms with van der Waals surface area (Å²) >= 11 is 0. The fraction of sp³-hybridized carbons (Fsp3) is 0.500. The van der Waals surface area contributed by atoms with Crippen molar-refractivity contribution in [2.45, 2.75) is 6.92 Å². The Morgan fingerprint density at radius 3 is 2.85 bits per heavy atom. The van der Waals surface area contributed by atoms with E-state index in [2.05, 4.69) is 4.99 Å². The molecule has 7 heteroatoms. The second-order valence-corrected chi connectivity index (χ2v) is 2.61. The van der Waals surface area contributed by atoms with Gasteiger partial charge in [-0.25, -0.2) is 4.65 Å². The van der Waals surface area contributed by atoms with Gasteiger partial charge in [-0.3, -0.25) is 10.1 Å². The molecule has 72 valence electrons. The van der Waals surface area contributed by atoms with Gasteiger partial charge in [0.15, 0.2) is 6.20 Å². The van der Waals surface area contributed by atoms with E-state index in [9.17, 15) is 15.3 Å². The largest absolute Gasteiger partial charge is 0.616 e. The molecule has 0 saturated carbocycles. The zero-order chi connectivity index (χ0) is 10.1. The number of aliphatic hydroxyl groups is 1. The lowest BCUT2D eigenvalue weighted by Crippen LogP contribution is -2.47. The maximum Gasteiger partial charge on any atom is 0.452 e. The highest BCUT2D eigenvalue weighted by atomic mass is 16.7. The predicted molar refractivity (Wildman–Crippen MR) is 43.8 cm³/mol. The van der Waals surface area contributed by atoms with E-state index in [1.165, 1.54) is 6.92 Å². The molecule has 1 aliphatic heterocycles. The number of nitro groups is 1. The third-order valence-electron chi connectivity index (χ3n) is 1.86. The predicted octanol–water partition coefficient (Wildman–Crippen LogP) is -0.199. The summed E-state index contributed by atoms with van der Waals surface area (Å²) in [5.41, 5.74) is 0. The Morgan fingerprint density at radius 2 is 2.38 bits per heavy atom. The minimum atomic E-state index is -1.26. The number of aliphatic imine (C=N–C) groups is 1. The highest BCUT2D eigenvalue weighted by Crippen LogP contribution is 2.23. The molecule has 0 spiro atoms. The topological polar surface area (TPSA) is 98.8 Å². The Morgan fingerprint density at radius 1 is 1.77 bits per heavy atom. The van der Waals surface area contributed by atoms with Crippen molar-refractivity contribution in [3.05, 3.63) is 27.3 Å². The standard InChI is InChI=1S/C6H9N3O4/c1-5-7-4-6(8(11)12)9(5,13)2-3-10/h4,10H,2-3H2,1H3. The lowest BCUT2D eigenvalue weighted by atomic mass is 10.4. The van der Waals surface area contributed by atoms with Crippen LogP contribution in [0, 0.1) is 15.3 Å². The van der Waals surface area contributed by atoms with Crippen LogP contribution in [0.5, 0.6) is 0 Å². The smallest absolute Gasteiger partial charge is 0.452 e. The van der Waals surface area contributed by atoms with Crippen LogP contribution in [0.15, 0.2) is 17.0 Å². The van der Waals surface area contributed by atoms with Gasteiger partial charge >= 0.3 is 5.82 Å². The van der Waals surface area contributed by atoms with Crippen molar-refractivity contribution < 1.29 is 14.7 Å². The summed E-state index contributed by atoms with van der Waals surface area (Å²) in [6.07, 6.45) is 0.929. The van der Waals surface area contributed by atoms with Crippen LogP contribution in [0.4, 0.5) is 0 Å². The maximum absolute atomic E-state index is 11.7. The molecule has 0 amide bonds. The molecular formula is C6H9N3O4. The number of nitrogens with zero attached hydrogens (tertiary/aromatic N) is 3. The van der Waals surface area contributed by atoms with E-state index < -0.39 is 22.0 Å². The minimum Gasteiger partial charge on any atom is -0.616 e. The lowest BCUT2D eigenvalue weighted by Gasteiger charge is -2.32. The molecule has 1 unspecified atom stereocenters. The zero-order valence-corrected chi connectivity index (χ0v) is 7.01. The quantitative estimate of drug-likeness (QED) is 0.286. The van der Waals surface area contributed by atoms with Gasteiger partial charge in [0.05, 0.1) is 6.61 Å². The molecule has 7 nitrogen and oxygen atoms in total. The van der Waals surface area contributed by atoms with Gasteiger partial charge in [0.2, 0.25) is 5.84 Å². The summed E-state index contributed by atoms with van der Waals surface area (Å²) in [6.45, 7) is 0.708. The van der Waals surface area contributed by atoms with Crippen molar-refractivity contribution in [1.82, 2.24) is 0 Å². The van der Waals surface area contributed by atoms with Gasteiger partial charge in [-0.2, -0.15) is 4.99 Å². The van der Waals surface area contributed by atoms with Gasteiger partial charge in [0.25, 0.3) is 0 Å². The van der Waals surface area contributed by atoms with Gasteiger partial charge in [-0.05, 0) is 0 Å². The molecule has 0 aromatic carbocycles. The van der Waals surface area contributed by atoms with E-state index in [4.69, 9.17) is 5.11 Å². The van der Waals surface area contributed by atoms with Crippen molar-refractivity contribution in [2.75, 3.05) is 13.2 Å². The van der Waals surface area contributed by atoms with Crippen LogP contribution in [0.1, 0.15) is 6.92 Å². The zero-order valence-electron chi connectivity index (χ0n) is 7.01. The van der Waals surface area contributed by atoms with Gasteiger partial charge in [-0.15, -0.1) is 0 Å². The van der Waals surface area contributed by atoms with Crippen LogP contribution < -0.4 is 0 Å². The van der Waals surface area contributed by atoms with Crippen LogP contribution in [-0.4, -0.2) is 33.7 Å². The molecule has 0 aliphatic carbocycles. The van der Waals surface area contributed by atoms with Crippen LogP contribution in [0.3, 0.4) is 0 Å². The molecule has 1 N–H and O–H groups in total. The molecular weight excluding hydrogens is 178 g/mol. The second-order valence-electron chi connectivity index (χ2n) is 2.61. The molecule has 0 bridgehead atoms. The first-order chi connectivity index (χ1) is 6.02. The third-order valence-corrected chi connectivity index (χ3v) is 1.86. The fourth-order valence-corrected chi connectivity index (χ4v) is 1.10. The number of hydrogen-bond donors (Lipinski definition) is 1. The Hall–Kier alpha value is -1.31. The first-order valence-corrected chi connectivity index (χ1v) is 3.62. The average Bonchev–Trinajstić information content (AvgIpc) is 2.29. The number of amidine groups is 1. The monoisotopic (exact) mass is 187 g/mol. The number of hydroxylamine groups is 3.